The minimum absolute atomic E-state index is 0.0154. The molecule has 114 valence electrons. The maximum Gasteiger partial charge on any atom is 0.254 e. The summed E-state index contributed by atoms with van der Waals surface area (Å²) in [5.74, 6) is -0.542. The van der Waals surface area contributed by atoms with Crippen LogP contribution < -0.4 is 10.1 Å². The van der Waals surface area contributed by atoms with Gasteiger partial charge in [0.25, 0.3) is 5.91 Å². The predicted octanol–water partition coefficient (Wildman–Crippen LogP) is 4.06. The number of hydrogen-bond donors (Lipinski definition) is 1. The van der Waals surface area contributed by atoms with Gasteiger partial charge in [-0.25, -0.2) is 4.39 Å². The number of nitrogens with one attached hydrogen (secondary N) is 1. The zero-order chi connectivity index (χ0) is 16.1. The van der Waals surface area contributed by atoms with E-state index in [0.29, 0.717) is 16.3 Å². The average Bonchev–Trinajstić information content (AvgIpc) is 2.54. The highest BCUT2D eigenvalue weighted by molar-refractivity contribution is 6.32. The van der Waals surface area contributed by atoms with Crippen LogP contribution in [-0.2, 0) is 6.54 Å². The van der Waals surface area contributed by atoms with Crippen molar-refractivity contribution in [1.29, 1.82) is 0 Å². The molecule has 0 saturated heterocycles. The highest BCUT2D eigenvalue weighted by Crippen LogP contribution is 2.25. The van der Waals surface area contributed by atoms with Crippen LogP contribution in [-0.4, -0.2) is 13.0 Å². The maximum absolute atomic E-state index is 13.7. The van der Waals surface area contributed by atoms with Gasteiger partial charge in [0.15, 0.2) is 0 Å². The normalized spacial score (nSPS) is 10.1. The molecule has 0 heterocycles. The quantitative estimate of drug-likeness (QED) is 0.902. The molecule has 0 saturated carbocycles. The number of rotatable bonds is 5. The third-order valence-electron chi connectivity index (χ3n) is 3.14. The van der Waals surface area contributed by atoms with Crippen molar-refractivity contribution in [3.05, 3.63) is 70.5 Å². The molecule has 0 aliphatic heterocycles. The first-order valence-corrected chi connectivity index (χ1v) is 6.95. The summed E-state index contributed by atoms with van der Waals surface area (Å²) >= 11 is 5.94. The molecule has 2 aromatic carbocycles. The van der Waals surface area contributed by atoms with Crippen LogP contribution in [0.15, 0.2) is 43.0 Å². The van der Waals surface area contributed by atoms with E-state index in [1.807, 2.05) is 0 Å². The van der Waals surface area contributed by atoms with Crippen molar-refractivity contribution in [3.63, 3.8) is 0 Å². The van der Waals surface area contributed by atoms with E-state index < -0.39 is 11.7 Å². The molecule has 0 aliphatic carbocycles. The molecular weight excluding hydrogens is 305 g/mol. The van der Waals surface area contributed by atoms with Crippen LogP contribution in [0.5, 0.6) is 5.75 Å². The Morgan fingerprint density at radius 2 is 2.14 bits per heavy atom. The van der Waals surface area contributed by atoms with E-state index in [0.717, 1.165) is 5.56 Å². The van der Waals surface area contributed by atoms with E-state index in [9.17, 15) is 9.18 Å². The van der Waals surface area contributed by atoms with Crippen LogP contribution in [0.1, 0.15) is 21.5 Å². The molecule has 0 unspecified atom stereocenters. The van der Waals surface area contributed by atoms with Crippen LogP contribution >= 0.6 is 11.6 Å². The minimum Gasteiger partial charge on any atom is -0.495 e. The highest BCUT2D eigenvalue weighted by Gasteiger charge is 2.12. The molecule has 0 bridgehead atoms. The van der Waals surface area contributed by atoms with E-state index in [1.165, 1.54) is 19.2 Å². The molecule has 0 fully saturated rings. The number of carbonyl (C=O) groups is 1. The summed E-state index contributed by atoms with van der Waals surface area (Å²) in [5, 5.41) is 3.15. The lowest BCUT2D eigenvalue weighted by Gasteiger charge is -2.09. The number of carbonyl (C=O) groups excluding carboxylic acids is 1. The highest BCUT2D eigenvalue weighted by atomic mass is 35.5. The van der Waals surface area contributed by atoms with Crippen molar-refractivity contribution in [2.45, 2.75) is 6.54 Å². The molecule has 0 spiro atoms. The fourth-order valence-corrected chi connectivity index (χ4v) is 2.13. The number of benzene rings is 2. The first-order chi connectivity index (χ1) is 10.5. The molecule has 5 heteroatoms. The van der Waals surface area contributed by atoms with E-state index in [1.54, 1.807) is 30.3 Å². The van der Waals surface area contributed by atoms with E-state index in [-0.39, 0.29) is 12.1 Å². The zero-order valence-electron chi connectivity index (χ0n) is 12.0. The Bertz CT molecular complexity index is 716. The maximum atomic E-state index is 13.7. The molecule has 1 amide bonds. The number of methoxy groups -OCH3 is 1. The van der Waals surface area contributed by atoms with Gasteiger partial charge < -0.3 is 10.1 Å². The van der Waals surface area contributed by atoms with Crippen molar-refractivity contribution in [3.8, 4) is 5.75 Å². The number of amides is 1. The fraction of sp³-hybridized carbons (Fsp3) is 0.118. The molecule has 0 atom stereocenters. The van der Waals surface area contributed by atoms with Crippen molar-refractivity contribution >= 4 is 23.6 Å². The fourth-order valence-electron chi connectivity index (χ4n) is 1.94. The molecule has 22 heavy (non-hydrogen) atoms. The summed E-state index contributed by atoms with van der Waals surface area (Å²) < 4.78 is 18.8. The molecule has 2 aromatic rings. The Morgan fingerprint density at radius 3 is 2.82 bits per heavy atom. The summed E-state index contributed by atoms with van der Waals surface area (Å²) in [7, 11) is 1.51. The first kappa shape index (κ1) is 16.0. The summed E-state index contributed by atoms with van der Waals surface area (Å²) in [4.78, 5) is 12.1. The number of halogens is 2. The third kappa shape index (κ3) is 3.65. The zero-order valence-corrected chi connectivity index (χ0v) is 12.8. The lowest BCUT2D eigenvalue weighted by molar-refractivity contribution is 0.0947. The lowest BCUT2D eigenvalue weighted by Crippen LogP contribution is -2.24. The van der Waals surface area contributed by atoms with Gasteiger partial charge in [0.05, 0.1) is 17.7 Å². The van der Waals surface area contributed by atoms with Gasteiger partial charge in [-0.3, -0.25) is 4.79 Å². The van der Waals surface area contributed by atoms with Crippen LogP contribution in [0, 0.1) is 5.82 Å². The third-order valence-corrected chi connectivity index (χ3v) is 3.45. The summed E-state index contributed by atoms with van der Waals surface area (Å²) in [6, 6.07) is 9.43. The number of ether oxygens (including phenoxy) is 1. The molecular formula is C17H15ClFNO2. The van der Waals surface area contributed by atoms with Crippen molar-refractivity contribution in [2.75, 3.05) is 7.11 Å². The van der Waals surface area contributed by atoms with Crippen LogP contribution in [0.3, 0.4) is 0 Å². The average molecular weight is 320 g/mol. The molecule has 0 radical (unpaired) electrons. The largest absolute Gasteiger partial charge is 0.495 e. The minimum atomic E-state index is -0.572. The monoisotopic (exact) mass is 319 g/mol. The molecule has 3 nitrogen and oxygen atoms in total. The summed E-state index contributed by atoms with van der Waals surface area (Å²) in [6.07, 6.45) is 1.56. The second kappa shape index (κ2) is 7.09. The smallest absolute Gasteiger partial charge is 0.254 e. The Morgan fingerprint density at radius 1 is 1.36 bits per heavy atom. The summed E-state index contributed by atoms with van der Waals surface area (Å²) in [6.45, 7) is 3.84. The van der Waals surface area contributed by atoms with Crippen LogP contribution in [0.4, 0.5) is 4.39 Å². The molecule has 0 aromatic heterocycles. The van der Waals surface area contributed by atoms with Gasteiger partial charge in [0.1, 0.15) is 11.6 Å². The Hall–Kier alpha value is -2.33. The van der Waals surface area contributed by atoms with Gasteiger partial charge in [-0.15, -0.1) is 0 Å². The van der Waals surface area contributed by atoms with Crippen molar-refractivity contribution in [1.82, 2.24) is 5.32 Å². The molecule has 1 N–H and O–H groups in total. The van der Waals surface area contributed by atoms with Gasteiger partial charge in [0.2, 0.25) is 0 Å². The van der Waals surface area contributed by atoms with Crippen molar-refractivity contribution in [2.24, 2.45) is 0 Å². The SMILES string of the molecule is C=Cc1ccc(F)c(C(=O)NCc2ccc(Cl)c(OC)c2)c1. The second-order valence-corrected chi connectivity index (χ2v) is 5.00. The van der Waals surface area contributed by atoms with Gasteiger partial charge >= 0.3 is 0 Å². The number of hydrogen-bond acceptors (Lipinski definition) is 2. The van der Waals surface area contributed by atoms with Crippen LogP contribution in [0.2, 0.25) is 5.02 Å². The molecule has 0 aliphatic rings. The second-order valence-electron chi connectivity index (χ2n) is 4.59. The Kier molecular flexibility index (Phi) is 5.17. The Balaban J connectivity index is 2.11. The predicted molar refractivity (Wildman–Crippen MR) is 85.7 cm³/mol. The van der Waals surface area contributed by atoms with Gasteiger partial charge in [0, 0.05) is 6.54 Å². The molecule has 2 rings (SSSR count). The van der Waals surface area contributed by atoms with E-state index >= 15 is 0 Å². The van der Waals surface area contributed by atoms with Crippen molar-refractivity contribution < 1.29 is 13.9 Å². The standard InChI is InChI=1S/C17H15ClFNO2/c1-3-11-5-7-15(19)13(8-11)17(21)20-10-12-4-6-14(18)16(9-12)22-2/h3-9H,1,10H2,2H3,(H,20,21). The van der Waals surface area contributed by atoms with Gasteiger partial charge in [-0.2, -0.15) is 0 Å². The van der Waals surface area contributed by atoms with Crippen LogP contribution in [0.25, 0.3) is 6.08 Å². The lowest BCUT2D eigenvalue weighted by atomic mass is 10.1. The Labute approximate surface area is 133 Å². The topological polar surface area (TPSA) is 38.3 Å². The summed E-state index contributed by atoms with van der Waals surface area (Å²) in [5.41, 5.74) is 1.47. The van der Waals surface area contributed by atoms with Gasteiger partial charge in [-0.05, 0) is 35.4 Å². The first-order valence-electron chi connectivity index (χ1n) is 6.57. The van der Waals surface area contributed by atoms with E-state index in [2.05, 4.69) is 11.9 Å². The van der Waals surface area contributed by atoms with E-state index in [4.69, 9.17) is 16.3 Å². The van der Waals surface area contributed by atoms with Gasteiger partial charge in [-0.1, -0.05) is 36.4 Å².